The molecule has 2 heterocycles. The first-order valence-electron chi connectivity index (χ1n) is 6.80. The van der Waals surface area contributed by atoms with Gasteiger partial charge in [0.05, 0.1) is 10.4 Å². The summed E-state index contributed by atoms with van der Waals surface area (Å²) in [4.78, 5) is 2.69. The van der Waals surface area contributed by atoms with Gasteiger partial charge in [0.25, 0.3) is 0 Å². The Morgan fingerprint density at radius 1 is 1.35 bits per heavy atom. The molecule has 0 aliphatic heterocycles. The molecule has 0 radical (unpaired) electrons. The van der Waals surface area contributed by atoms with Gasteiger partial charge in [-0.1, -0.05) is 24.1 Å². The van der Waals surface area contributed by atoms with Gasteiger partial charge in [0.2, 0.25) is 0 Å². The predicted molar refractivity (Wildman–Crippen MR) is 93.6 cm³/mol. The highest BCUT2D eigenvalue weighted by molar-refractivity contribution is 8.00. The van der Waals surface area contributed by atoms with E-state index in [0.717, 1.165) is 10.9 Å². The van der Waals surface area contributed by atoms with E-state index in [9.17, 15) is 0 Å². The lowest BCUT2D eigenvalue weighted by Crippen LogP contribution is -2.44. The zero-order valence-electron chi connectivity index (χ0n) is 11.4. The normalized spacial score (nSPS) is 18.7. The van der Waals surface area contributed by atoms with E-state index in [1.54, 1.807) is 11.3 Å². The number of thiophene rings is 2. The van der Waals surface area contributed by atoms with Gasteiger partial charge in [-0.05, 0) is 42.7 Å². The molecule has 1 N–H and O–H groups in total. The molecule has 108 valence electrons. The molecule has 5 heteroatoms. The Morgan fingerprint density at radius 3 is 2.70 bits per heavy atom. The van der Waals surface area contributed by atoms with Crippen LogP contribution in [0.4, 0.5) is 0 Å². The molecule has 0 amide bonds. The number of hydrogen-bond donors (Lipinski definition) is 1. The number of halogens is 1. The fraction of sp³-hybridized carbons (Fsp3) is 0.467. The molecule has 2 aromatic rings. The van der Waals surface area contributed by atoms with Gasteiger partial charge >= 0.3 is 0 Å². The van der Waals surface area contributed by atoms with Crippen molar-refractivity contribution >= 4 is 46.0 Å². The number of hydrogen-bond acceptors (Lipinski definition) is 4. The van der Waals surface area contributed by atoms with Crippen molar-refractivity contribution < 1.29 is 0 Å². The molecule has 2 aromatic heterocycles. The van der Waals surface area contributed by atoms with Crippen molar-refractivity contribution in [2.24, 2.45) is 0 Å². The summed E-state index contributed by atoms with van der Waals surface area (Å²) in [7, 11) is 0. The standard InChI is InChI=1S/C15H18ClNS3/c1-18-15(7-3-8-15)10-17-14(11-4-2-9-19-11)12-5-6-13(16)20-12/h2,4-6,9,14,17H,3,7-8,10H2,1H3. The highest BCUT2D eigenvalue weighted by atomic mass is 35.5. The molecule has 1 unspecified atom stereocenters. The van der Waals surface area contributed by atoms with Crippen molar-refractivity contribution in [1.29, 1.82) is 0 Å². The molecule has 3 rings (SSSR count). The molecule has 1 nitrogen and oxygen atoms in total. The molecule has 1 aliphatic rings. The van der Waals surface area contributed by atoms with Crippen LogP contribution in [0, 0.1) is 0 Å². The maximum absolute atomic E-state index is 6.11. The third-order valence-electron chi connectivity index (χ3n) is 4.03. The third-order valence-corrected chi connectivity index (χ3v) is 7.68. The Balaban J connectivity index is 1.76. The first-order valence-corrected chi connectivity index (χ1v) is 10.1. The molecule has 0 bridgehead atoms. The second-order valence-corrected chi connectivity index (χ2v) is 9.21. The maximum atomic E-state index is 6.11. The largest absolute Gasteiger partial charge is 0.304 e. The van der Waals surface area contributed by atoms with Gasteiger partial charge in [-0.25, -0.2) is 0 Å². The lowest BCUT2D eigenvalue weighted by atomic mass is 9.84. The van der Waals surface area contributed by atoms with Crippen LogP contribution in [0.3, 0.4) is 0 Å². The fourth-order valence-electron chi connectivity index (χ4n) is 2.59. The van der Waals surface area contributed by atoms with Crippen molar-refractivity contribution in [1.82, 2.24) is 5.32 Å². The van der Waals surface area contributed by atoms with E-state index in [-0.39, 0.29) is 6.04 Å². The van der Waals surface area contributed by atoms with Gasteiger partial charge in [-0.15, -0.1) is 22.7 Å². The van der Waals surface area contributed by atoms with E-state index >= 15 is 0 Å². The summed E-state index contributed by atoms with van der Waals surface area (Å²) in [6.07, 6.45) is 6.28. The van der Waals surface area contributed by atoms with E-state index in [4.69, 9.17) is 11.6 Å². The van der Waals surface area contributed by atoms with Crippen molar-refractivity contribution in [3.63, 3.8) is 0 Å². The minimum absolute atomic E-state index is 0.289. The average Bonchev–Trinajstić information content (AvgIpc) is 3.05. The topological polar surface area (TPSA) is 12.0 Å². The summed E-state index contributed by atoms with van der Waals surface area (Å²) < 4.78 is 1.32. The molecule has 0 saturated heterocycles. The molecule has 1 saturated carbocycles. The molecule has 1 atom stereocenters. The quantitative estimate of drug-likeness (QED) is 0.750. The summed E-state index contributed by atoms with van der Waals surface area (Å²) in [5.74, 6) is 0. The average molecular weight is 344 g/mol. The molecule has 0 aromatic carbocycles. The van der Waals surface area contributed by atoms with E-state index in [2.05, 4.69) is 35.2 Å². The predicted octanol–water partition coefficient (Wildman–Crippen LogP) is 5.43. The smallest absolute Gasteiger partial charge is 0.0931 e. The molecule has 20 heavy (non-hydrogen) atoms. The zero-order valence-corrected chi connectivity index (χ0v) is 14.6. The Hall–Kier alpha value is -0.0000000000000000278. The van der Waals surface area contributed by atoms with Gasteiger partial charge in [0.1, 0.15) is 0 Å². The van der Waals surface area contributed by atoms with Crippen LogP contribution in [-0.4, -0.2) is 17.5 Å². The van der Waals surface area contributed by atoms with Gasteiger partial charge < -0.3 is 5.32 Å². The number of thioether (sulfide) groups is 1. The van der Waals surface area contributed by atoms with Crippen LogP contribution in [0.15, 0.2) is 29.6 Å². The lowest BCUT2D eigenvalue weighted by molar-refractivity contribution is 0.339. The Morgan fingerprint density at radius 2 is 2.20 bits per heavy atom. The van der Waals surface area contributed by atoms with Crippen LogP contribution >= 0.6 is 46.0 Å². The molecule has 0 spiro atoms. The summed E-state index contributed by atoms with van der Waals surface area (Å²) in [5, 5.41) is 5.93. The first kappa shape index (κ1) is 14.9. The van der Waals surface area contributed by atoms with Crippen LogP contribution in [0.2, 0.25) is 4.34 Å². The van der Waals surface area contributed by atoms with Crippen molar-refractivity contribution in [3.05, 3.63) is 43.7 Å². The van der Waals surface area contributed by atoms with E-state index in [1.807, 2.05) is 29.2 Å². The highest BCUT2D eigenvalue weighted by Gasteiger charge is 2.36. The maximum Gasteiger partial charge on any atom is 0.0931 e. The zero-order chi connectivity index (χ0) is 14.0. The summed E-state index contributed by atoms with van der Waals surface area (Å²) >= 11 is 11.6. The van der Waals surface area contributed by atoms with Crippen LogP contribution in [0.1, 0.15) is 35.1 Å². The van der Waals surface area contributed by atoms with Gasteiger partial charge in [-0.2, -0.15) is 11.8 Å². The summed E-state index contributed by atoms with van der Waals surface area (Å²) in [6, 6.07) is 8.77. The number of rotatable bonds is 6. The van der Waals surface area contributed by atoms with Crippen LogP contribution < -0.4 is 5.32 Å². The highest BCUT2D eigenvalue weighted by Crippen LogP contribution is 2.43. The second kappa shape index (κ2) is 6.41. The van der Waals surface area contributed by atoms with Crippen LogP contribution in [0.5, 0.6) is 0 Å². The van der Waals surface area contributed by atoms with E-state index in [1.165, 1.54) is 29.0 Å². The van der Waals surface area contributed by atoms with Crippen molar-refractivity contribution in [3.8, 4) is 0 Å². The minimum atomic E-state index is 0.289. The first-order chi connectivity index (χ1) is 9.72. The van der Waals surface area contributed by atoms with Gasteiger partial charge in [0.15, 0.2) is 0 Å². The minimum Gasteiger partial charge on any atom is -0.304 e. The Bertz CT molecular complexity index is 540. The summed E-state index contributed by atoms with van der Waals surface area (Å²) in [6.45, 7) is 1.08. The Labute approximate surface area is 137 Å². The molecular weight excluding hydrogens is 326 g/mol. The van der Waals surface area contributed by atoms with Crippen LogP contribution in [0.25, 0.3) is 0 Å². The van der Waals surface area contributed by atoms with Crippen LogP contribution in [-0.2, 0) is 0 Å². The summed E-state index contributed by atoms with van der Waals surface area (Å²) in [5.41, 5.74) is 0. The molecular formula is C15H18ClNS3. The van der Waals surface area contributed by atoms with Gasteiger partial charge in [-0.3, -0.25) is 0 Å². The fourth-order valence-corrected chi connectivity index (χ4v) is 5.57. The van der Waals surface area contributed by atoms with E-state index < -0.39 is 0 Å². The Kier molecular flexibility index (Phi) is 4.78. The second-order valence-electron chi connectivity index (χ2n) is 5.21. The van der Waals surface area contributed by atoms with Gasteiger partial charge in [0, 0.05) is 21.0 Å². The van der Waals surface area contributed by atoms with Crippen molar-refractivity contribution in [2.45, 2.75) is 30.1 Å². The monoisotopic (exact) mass is 343 g/mol. The van der Waals surface area contributed by atoms with E-state index in [0.29, 0.717) is 4.75 Å². The lowest BCUT2D eigenvalue weighted by Gasteiger charge is -2.41. The third kappa shape index (κ3) is 3.09. The molecule has 1 aliphatic carbocycles. The van der Waals surface area contributed by atoms with Crippen molar-refractivity contribution in [2.75, 3.05) is 12.8 Å². The molecule has 1 fully saturated rings. The SMILES string of the molecule is CSC1(CNC(c2cccs2)c2ccc(Cl)s2)CCC1. The number of nitrogens with one attached hydrogen (secondary N) is 1.